The van der Waals surface area contributed by atoms with Crippen molar-refractivity contribution in [2.75, 3.05) is 16.5 Å². The Morgan fingerprint density at radius 2 is 1.23 bits per heavy atom. The van der Waals surface area contributed by atoms with E-state index in [0.29, 0.717) is 12.4 Å². The summed E-state index contributed by atoms with van der Waals surface area (Å²) in [6.45, 7) is 7.22. The highest BCUT2D eigenvalue weighted by Crippen LogP contribution is 2.46. The van der Waals surface area contributed by atoms with E-state index in [0.717, 1.165) is 39.8 Å². The van der Waals surface area contributed by atoms with Gasteiger partial charge in [0.05, 0.1) is 22.8 Å². The average Bonchev–Trinajstić information content (AvgIpc) is 3.41. The number of benzene rings is 4. The maximum Gasteiger partial charge on any atom is 0.131 e. The topological polar surface area (TPSA) is 41.5 Å². The van der Waals surface area contributed by atoms with Gasteiger partial charge in [-0.05, 0) is 97.6 Å². The molecular weight excluding hydrogens is 528 g/mol. The molecule has 6 aromatic rings. The predicted octanol–water partition coefficient (Wildman–Crippen LogP) is 9.78. The summed E-state index contributed by atoms with van der Waals surface area (Å²) < 4.78 is 6.60. The van der Waals surface area contributed by atoms with Crippen molar-refractivity contribution in [3.05, 3.63) is 144 Å². The lowest BCUT2D eigenvalue weighted by atomic mass is 9.93. The van der Waals surface area contributed by atoms with E-state index in [1.807, 2.05) is 30.3 Å². The SMILES string of the molecule is Cc1cc(C)c(-c2cc(Oc3ccnc(-c4ccccn4)c3)cc(N3CN(c4ccccc4)c4ccccc43)c2)c(C)c1. The van der Waals surface area contributed by atoms with Crippen molar-refractivity contribution >= 4 is 22.7 Å². The van der Waals surface area contributed by atoms with E-state index in [4.69, 9.17) is 4.74 Å². The minimum atomic E-state index is 0.692. The summed E-state index contributed by atoms with van der Waals surface area (Å²) in [4.78, 5) is 13.7. The summed E-state index contributed by atoms with van der Waals surface area (Å²) in [5, 5.41) is 0. The normalized spacial score (nSPS) is 12.3. The van der Waals surface area contributed by atoms with Crippen LogP contribution in [0.4, 0.5) is 22.7 Å². The third-order valence-corrected chi connectivity index (χ3v) is 7.88. The first-order valence-corrected chi connectivity index (χ1v) is 14.5. The second kappa shape index (κ2) is 11.1. The van der Waals surface area contributed by atoms with Crippen LogP contribution in [0.2, 0.25) is 0 Å². The maximum atomic E-state index is 6.60. The van der Waals surface area contributed by atoms with Crippen molar-refractivity contribution in [2.45, 2.75) is 20.8 Å². The summed E-state index contributed by atoms with van der Waals surface area (Å²) >= 11 is 0. The van der Waals surface area contributed by atoms with E-state index in [1.54, 1.807) is 12.4 Å². The van der Waals surface area contributed by atoms with Crippen LogP contribution < -0.4 is 14.5 Å². The van der Waals surface area contributed by atoms with E-state index < -0.39 is 0 Å². The molecule has 0 fully saturated rings. The van der Waals surface area contributed by atoms with Gasteiger partial charge < -0.3 is 14.5 Å². The molecule has 0 atom stereocenters. The standard InChI is InChI=1S/C38H32N4O/c1-26-19-27(2)38(28(3)20-26)29-21-31(42-25-41(30-11-5-4-6-12-30)36-14-7-8-15-37(36)42)23-33(22-29)43-32-16-18-40-35(24-32)34-13-9-10-17-39-34/h4-24H,25H2,1-3H3. The van der Waals surface area contributed by atoms with Gasteiger partial charge in [0.2, 0.25) is 0 Å². The lowest BCUT2D eigenvalue weighted by molar-refractivity contribution is 0.482. The van der Waals surface area contributed by atoms with Gasteiger partial charge >= 0.3 is 0 Å². The summed E-state index contributed by atoms with van der Waals surface area (Å²) in [6.07, 6.45) is 3.55. The molecule has 0 radical (unpaired) electrons. The van der Waals surface area contributed by atoms with Crippen LogP contribution in [0.25, 0.3) is 22.5 Å². The van der Waals surface area contributed by atoms with Gasteiger partial charge in [0.15, 0.2) is 0 Å². The molecule has 3 heterocycles. The molecule has 5 nitrogen and oxygen atoms in total. The van der Waals surface area contributed by atoms with Gasteiger partial charge in [0.25, 0.3) is 0 Å². The Bertz CT molecular complexity index is 1900. The number of pyridine rings is 2. The van der Waals surface area contributed by atoms with Gasteiger partial charge in [-0.15, -0.1) is 0 Å². The number of aryl methyl sites for hydroxylation is 3. The van der Waals surface area contributed by atoms with Gasteiger partial charge in [0.1, 0.15) is 18.2 Å². The number of rotatable bonds is 6. The molecule has 7 rings (SSSR count). The first-order chi connectivity index (χ1) is 21.0. The molecule has 4 aromatic carbocycles. The van der Waals surface area contributed by atoms with Crippen LogP contribution in [-0.2, 0) is 0 Å². The number of ether oxygens (including phenoxy) is 1. The van der Waals surface area contributed by atoms with Crippen LogP contribution in [0, 0.1) is 20.8 Å². The molecule has 0 bridgehead atoms. The number of fused-ring (bicyclic) bond motifs is 1. The largest absolute Gasteiger partial charge is 0.457 e. The van der Waals surface area contributed by atoms with E-state index in [9.17, 15) is 0 Å². The van der Waals surface area contributed by atoms with E-state index in [1.165, 1.54) is 27.9 Å². The lowest BCUT2D eigenvalue weighted by Crippen LogP contribution is -2.23. The Labute approximate surface area is 252 Å². The fourth-order valence-electron chi connectivity index (χ4n) is 6.11. The molecule has 0 saturated carbocycles. The number of hydrogen-bond acceptors (Lipinski definition) is 5. The maximum absolute atomic E-state index is 6.60. The highest BCUT2D eigenvalue weighted by molar-refractivity contribution is 5.88. The fraction of sp³-hybridized carbons (Fsp3) is 0.105. The Morgan fingerprint density at radius 3 is 1.95 bits per heavy atom. The third kappa shape index (κ3) is 5.22. The van der Waals surface area contributed by atoms with Crippen LogP contribution in [0.5, 0.6) is 11.5 Å². The van der Waals surface area contributed by atoms with Gasteiger partial charge in [-0.1, -0.05) is 54.1 Å². The summed E-state index contributed by atoms with van der Waals surface area (Å²) in [5.41, 5.74) is 12.2. The van der Waals surface area contributed by atoms with Crippen molar-refractivity contribution < 1.29 is 4.74 Å². The molecule has 0 unspecified atom stereocenters. The van der Waals surface area contributed by atoms with Crippen LogP contribution >= 0.6 is 0 Å². The smallest absolute Gasteiger partial charge is 0.131 e. The molecule has 5 heteroatoms. The second-order valence-corrected chi connectivity index (χ2v) is 11.0. The fourth-order valence-corrected chi connectivity index (χ4v) is 6.11. The molecule has 0 N–H and O–H groups in total. The minimum absolute atomic E-state index is 0.692. The molecule has 2 aromatic heterocycles. The first kappa shape index (κ1) is 26.5. The summed E-state index contributed by atoms with van der Waals surface area (Å²) in [5.74, 6) is 1.48. The van der Waals surface area contributed by atoms with Gasteiger partial charge in [0, 0.05) is 35.9 Å². The van der Waals surface area contributed by atoms with E-state index in [2.05, 4.69) is 125 Å². The molecule has 0 aliphatic carbocycles. The molecular formula is C38H32N4O. The third-order valence-electron chi connectivity index (χ3n) is 7.88. The van der Waals surface area contributed by atoms with Gasteiger partial charge in [-0.25, -0.2) is 0 Å². The highest BCUT2D eigenvalue weighted by atomic mass is 16.5. The Morgan fingerprint density at radius 1 is 0.558 bits per heavy atom. The molecule has 210 valence electrons. The van der Waals surface area contributed by atoms with E-state index >= 15 is 0 Å². The summed E-state index contributed by atoms with van der Waals surface area (Å²) in [6, 6.07) is 39.9. The van der Waals surface area contributed by atoms with Crippen molar-refractivity contribution in [2.24, 2.45) is 0 Å². The lowest BCUT2D eigenvalue weighted by Gasteiger charge is -2.24. The molecule has 43 heavy (non-hydrogen) atoms. The quantitative estimate of drug-likeness (QED) is 0.203. The first-order valence-electron chi connectivity index (χ1n) is 14.5. The number of aromatic nitrogens is 2. The zero-order valence-corrected chi connectivity index (χ0v) is 24.5. The predicted molar refractivity (Wildman–Crippen MR) is 176 cm³/mol. The van der Waals surface area contributed by atoms with E-state index in [-0.39, 0.29) is 0 Å². The van der Waals surface area contributed by atoms with Crippen LogP contribution in [-0.4, -0.2) is 16.6 Å². The zero-order chi connectivity index (χ0) is 29.3. The monoisotopic (exact) mass is 560 g/mol. The van der Waals surface area contributed by atoms with Crippen LogP contribution in [0.3, 0.4) is 0 Å². The van der Waals surface area contributed by atoms with Gasteiger partial charge in [-0.2, -0.15) is 0 Å². The molecule has 0 spiro atoms. The Balaban J connectivity index is 1.34. The molecule has 1 aliphatic rings. The average molecular weight is 561 g/mol. The Hall–Kier alpha value is -5.42. The van der Waals surface area contributed by atoms with Crippen molar-refractivity contribution in [3.63, 3.8) is 0 Å². The van der Waals surface area contributed by atoms with Crippen LogP contribution in [0.15, 0.2) is 128 Å². The highest BCUT2D eigenvalue weighted by Gasteiger charge is 2.28. The molecule has 0 amide bonds. The number of hydrogen-bond donors (Lipinski definition) is 0. The Kier molecular flexibility index (Phi) is 6.84. The van der Waals surface area contributed by atoms with Crippen LogP contribution in [0.1, 0.15) is 16.7 Å². The minimum Gasteiger partial charge on any atom is -0.457 e. The number of para-hydroxylation sites is 3. The number of anilines is 4. The van der Waals surface area contributed by atoms with Crippen molar-refractivity contribution in [3.8, 4) is 34.0 Å². The zero-order valence-electron chi connectivity index (χ0n) is 24.5. The second-order valence-electron chi connectivity index (χ2n) is 11.0. The molecule has 0 saturated heterocycles. The molecule has 1 aliphatic heterocycles. The van der Waals surface area contributed by atoms with Crippen molar-refractivity contribution in [1.29, 1.82) is 0 Å². The summed E-state index contributed by atoms with van der Waals surface area (Å²) in [7, 11) is 0. The van der Waals surface area contributed by atoms with Crippen molar-refractivity contribution in [1.82, 2.24) is 9.97 Å². The van der Waals surface area contributed by atoms with Gasteiger partial charge in [-0.3, -0.25) is 9.97 Å². The number of nitrogens with zero attached hydrogens (tertiary/aromatic N) is 4.